The quantitative estimate of drug-likeness (QED) is 0.423. The largest absolute Gasteiger partial charge is 0.491 e. The van der Waals surface area contributed by atoms with Crippen LogP contribution >= 0.6 is 22.6 Å². The number of aliphatic hydroxyl groups excluding tert-OH is 1. The van der Waals surface area contributed by atoms with Crippen LogP contribution in [-0.2, 0) is 0 Å². The summed E-state index contributed by atoms with van der Waals surface area (Å²) in [5.74, 6) is 1.67. The maximum absolute atomic E-state index is 10.0. The molecule has 0 spiro atoms. The molecule has 0 amide bonds. The van der Waals surface area contributed by atoms with E-state index in [9.17, 15) is 5.11 Å². The smallest absolute Gasteiger partial charge is 0.194 e. The number of hydrogen-bond acceptors (Lipinski definition) is 3. The van der Waals surface area contributed by atoms with Gasteiger partial charge in [-0.25, -0.2) is 0 Å². The van der Waals surface area contributed by atoms with Crippen LogP contribution in [0.1, 0.15) is 19.8 Å². The van der Waals surface area contributed by atoms with Crippen LogP contribution in [-0.4, -0.2) is 54.9 Å². The number of benzene rings is 1. The highest BCUT2D eigenvalue weighted by Crippen LogP contribution is 2.13. The number of nitrogens with zero attached hydrogens (tertiary/aromatic N) is 2. The number of aliphatic hydroxyl groups is 1. The topological polar surface area (TPSA) is 57.1 Å². The molecule has 1 unspecified atom stereocenters. The molecule has 22 heavy (non-hydrogen) atoms. The molecule has 2 rings (SSSR count). The molecule has 0 aliphatic carbocycles. The number of rotatable bonds is 6. The van der Waals surface area contributed by atoms with Crippen LogP contribution in [0.15, 0.2) is 29.3 Å². The average Bonchev–Trinajstić information content (AvgIpc) is 3.05. The highest BCUT2D eigenvalue weighted by molar-refractivity contribution is 14.1. The van der Waals surface area contributed by atoms with E-state index in [4.69, 9.17) is 4.74 Å². The molecule has 1 aliphatic rings. The van der Waals surface area contributed by atoms with Crippen molar-refractivity contribution in [1.82, 2.24) is 10.2 Å². The predicted octanol–water partition coefficient (Wildman–Crippen LogP) is 2.09. The summed E-state index contributed by atoms with van der Waals surface area (Å²) in [5.41, 5.74) is 0. The Morgan fingerprint density at radius 2 is 2.05 bits per heavy atom. The van der Waals surface area contributed by atoms with Crippen molar-refractivity contribution < 1.29 is 9.84 Å². The summed E-state index contributed by atoms with van der Waals surface area (Å²) >= 11 is 2.25. The van der Waals surface area contributed by atoms with E-state index in [1.165, 1.54) is 12.8 Å². The van der Waals surface area contributed by atoms with Gasteiger partial charge in [-0.3, -0.25) is 4.99 Å². The Morgan fingerprint density at radius 3 is 2.68 bits per heavy atom. The summed E-state index contributed by atoms with van der Waals surface area (Å²) in [6, 6.07) is 7.78. The molecule has 0 aromatic heterocycles. The summed E-state index contributed by atoms with van der Waals surface area (Å²) < 4.78 is 6.75. The lowest BCUT2D eigenvalue weighted by atomic mass is 10.3. The van der Waals surface area contributed by atoms with Gasteiger partial charge in [-0.2, -0.15) is 0 Å². The molecule has 2 N–H and O–H groups in total. The van der Waals surface area contributed by atoms with Gasteiger partial charge < -0.3 is 20.1 Å². The van der Waals surface area contributed by atoms with Crippen LogP contribution in [0.25, 0.3) is 0 Å². The number of hydrogen-bond donors (Lipinski definition) is 2. The van der Waals surface area contributed by atoms with E-state index >= 15 is 0 Å². The van der Waals surface area contributed by atoms with Gasteiger partial charge in [0.1, 0.15) is 18.5 Å². The minimum absolute atomic E-state index is 0.253. The molecule has 1 aliphatic heterocycles. The maximum atomic E-state index is 10.0. The van der Waals surface area contributed by atoms with E-state index in [1.54, 1.807) is 0 Å². The van der Waals surface area contributed by atoms with E-state index in [0.717, 1.165) is 34.9 Å². The number of guanidine groups is 1. The van der Waals surface area contributed by atoms with Crippen molar-refractivity contribution in [1.29, 1.82) is 0 Å². The molecule has 1 aromatic rings. The summed E-state index contributed by atoms with van der Waals surface area (Å²) in [5, 5.41) is 13.3. The molecule has 1 heterocycles. The molecular weight excluding hydrogens is 393 g/mol. The van der Waals surface area contributed by atoms with Gasteiger partial charge in [0, 0.05) is 23.2 Å². The molecule has 1 atom stereocenters. The van der Waals surface area contributed by atoms with Crippen LogP contribution in [0.3, 0.4) is 0 Å². The Morgan fingerprint density at radius 1 is 1.36 bits per heavy atom. The summed E-state index contributed by atoms with van der Waals surface area (Å²) in [7, 11) is 0. The normalized spacial score (nSPS) is 16.7. The van der Waals surface area contributed by atoms with Crippen LogP contribution < -0.4 is 10.1 Å². The molecule has 0 radical (unpaired) electrons. The lowest BCUT2D eigenvalue weighted by molar-refractivity contribution is 0.114. The summed E-state index contributed by atoms with van der Waals surface area (Å²) in [6.45, 7) is 5.58. The lowest BCUT2D eigenvalue weighted by Gasteiger charge is -2.21. The second-order valence-electron chi connectivity index (χ2n) is 5.31. The van der Waals surface area contributed by atoms with E-state index in [0.29, 0.717) is 6.54 Å². The van der Waals surface area contributed by atoms with Gasteiger partial charge in [-0.1, -0.05) is 0 Å². The third-order valence-electron chi connectivity index (χ3n) is 3.45. The SMILES string of the molecule is CCNC(=NCC(O)COc1ccc(I)cc1)N1CCCC1. The van der Waals surface area contributed by atoms with Gasteiger partial charge in [0.2, 0.25) is 0 Å². The van der Waals surface area contributed by atoms with E-state index < -0.39 is 6.10 Å². The van der Waals surface area contributed by atoms with Crippen molar-refractivity contribution in [2.24, 2.45) is 4.99 Å². The van der Waals surface area contributed by atoms with Gasteiger partial charge in [0.05, 0.1) is 6.54 Å². The van der Waals surface area contributed by atoms with E-state index in [1.807, 2.05) is 24.3 Å². The van der Waals surface area contributed by atoms with E-state index in [2.05, 4.69) is 44.7 Å². The summed E-state index contributed by atoms with van der Waals surface area (Å²) in [4.78, 5) is 6.77. The highest BCUT2D eigenvalue weighted by Gasteiger charge is 2.16. The fourth-order valence-corrected chi connectivity index (χ4v) is 2.68. The minimum Gasteiger partial charge on any atom is -0.491 e. The van der Waals surface area contributed by atoms with Crippen LogP contribution in [0.5, 0.6) is 5.75 Å². The first kappa shape index (κ1) is 17.3. The third-order valence-corrected chi connectivity index (χ3v) is 4.17. The molecule has 122 valence electrons. The fraction of sp³-hybridized carbons (Fsp3) is 0.562. The monoisotopic (exact) mass is 417 g/mol. The first-order valence-corrected chi connectivity index (χ1v) is 8.86. The van der Waals surface area contributed by atoms with Crippen molar-refractivity contribution >= 4 is 28.6 Å². The molecule has 1 fully saturated rings. The molecule has 0 bridgehead atoms. The van der Waals surface area contributed by atoms with Gasteiger partial charge in [0.15, 0.2) is 5.96 Å². The number of ether oxygens (including phenoxy) is 1. The highest BCUT2D eigenvalue weighted by atomic mass is 127. The maximum Gasteiger partial charge on any atom is 0.194 e. The second-order valence-corrected chi connectivity index (χ2v) is 6.55. The zero-order chi connectivity index (χ0) is 15.8. The average molecular weight is 417 g/mol. The summed E-state index contributed by atoms with van der Waals surface area (Å²) in [6.07, 6.45) is 1.82. The van der Waals surface area contributed by atoms with Crippen LogP contribution in [0.2, 0.25) is 0 Å². The Bertz CT molecular complexity index is 473. The second kappa shape index (κ2) is 9.19. The molecule has 6 heteroatoms. The van der Waals surface area contributed by atoms with Gasteiger partial charge >= 0.3 is 0 Å². The van der Waals surface area contributed by atoms with Crippen LogP contribution in [0.4, 0.5) is 0 Å². The molecular formula is C16H24IN3O2. The zero-order valence-electron chi connectivity index (χ0n) is 13.0. The standard InChI is InChI=1S/C16H24IN3O2/c1-2-18-16(20-9-3-4-10-20)19-11-14(21)12-22-15-7-5-13(17)6-8-15/h5-8,14,21H,2-4,9-12H2,1H3,(H,18,19). The number of aliphatic imine (C=N–C) groups is 1. The van der Waals surface area contributed by atoms with Crippen molar-refractivity contribution in [3.05, 3.63) is 27.8 Å². The van der Waals surface area contributed by atoms with Gasteiger partial charge in [-0.15, -0.1) is 0 Å². The van der Waals surface area contributed by atoms with Crippen molar-refractivity contribution in [2.75, 3.05) is 32.8 Å². The Labute approximate surface area is 145 Å². The fourth-order valence-electron chi connectivity index (χ4n) is 2.32. The zero-order valence-corrected chi connectivity index (χ0v) is 15.1. The molecule has 5 nitrogen and oxygen atoms in total. The molecule has 1 aromatic carbocycles. The van der Waals surface area contributed by atoms with Crippen molar-refractivity contribution in [3.63, 3.8) is 0 Å². The van der Waals surface area contributed by atoms with Gasteiger partial charge in [-0.05, 0) is 66.6 Å². The van der Waals surface area contributed by atoms with Gasteiger partial charge in [0.25, 0.3) is 0 Å². The first-order chi connectivity index (χ1) is 10.7. The molecule has 0 saturated carbocycles. The van der Waals surface area contributed by atoms with E-state index in [-0.39, 0.29) is 6.61 Å². The molecule has 1 saturated heterocycles. The minimum atomic E-state index is -0.601. The van der Waals surface area contributed by atoms with Crippen molar-refractivity contribution in [3.8, 4) is 5.75 Å². The lowest BCUT2D eigenvalue weighted by Crippen LogP contribution is -2.40. The Balaban J connectivity index is 1.80. The first-order valence-electron chi connectivity index (χ1n) is 7.78. The predicted molar refractivity (Wildman–Crippen MR) is 97.4 cm³/mol. The number of halogens is 1. The third kappa shape index (κ3) is 5.64. The Hall–Kier alpha value is -1.02. The Kier molecular flexibility index (Phi) is 7.24. The van der Waals surface area contributed by atoms with Crippen molar-refractivity contribution in [2.45, 2.75) is 25.9 Å². The number of likely N-dealkylation sites (tertiary alicyclic amines) is 1. The van der Waals surface area contributed by atoms with Crippen LogP contribution in [0, 0.1) is 3.57 Å². The number of nitrogens with one attached hydrogen (secondary N) is 1.